The number of halogens is 2. The fraction of sp³-hybridized carbons (Fsp3) is 0.364. The van der Waals surface area contributed by atoms with Crippen LogP contribution in [0.1, 0.15) is 16.8 Å². The summed E-state index contributed by atoms with van der Waals surface area (Å²) in [6, 6.07) is 0.915. The van der Waals surface area contributed by atoms with E-state index in [1.54, 1.807) is 0 Å². The molecule has 1 aromatic carbocycles. The molecular weight excluding hydrogens is 260 g/mol. The average molecular weight is 271 g/mol. The Balaban J connectivity index is 2.27. The largest absolute Gasteiger partial charge is 0.348 e. The first-order chi connectivity index (χ1) is 8.99. The third-order valence-corrected chi connectivity index (χ3v) is 2.86. The van der Waals surface area contributed by atoms with Gasteiger partial charge in [0, 0.05) is 12.6 Å². The molecule has 8 heteroatoms. The van der Waals surface area contributed by atoms with Gasteiger partial charge in [0.25, 0.3) is 5.91 Å². The van der Waals surface area contributed by atoms with Gasteiger partial charge in [0.05, 0.1) is 16.6 Å². The van der Waals surface area contributed by atoms with E-state index in [2.05, 4.69) is 10.6 Å². The van der Waals surface area contributed by atoms with E-state index in [1.165, 1.54) is 0 Å². The summed E-state index contributed by atoms with van der Waals surface area (Å²) >= 11 is 0. The first-order valence-corrected chi connectivity index (χ1v) is 5.64. The molecule has 6 nitrogen and oxygen atoms in total. The predicted molar refractivity (Wildman–Crippen MR) is 61.8 cm³/mol. The van der Waals surface area contributed by atoms with Crippen LogP contribution in [0.4, 0.5) is 14.5 Å². The van der Waals surface area contributed by atoms with Crippen LogP contribution < -0.4 is 10.6 Å². The highest BCUT2D eigenvalue weighted by molar-refractivity contribution is 5.95. The zero-order valence-corrected chi connectivity index (χ0v) is 9.78. The smallest absolute Gasteiger partial charge is 0.308 e. The lowest BCUT2D eigenvalue weighted by Gasteiger charge is -2.11. The lowest BCUT2D eigenvalue weighted by molar-refractivity contribution is -0.387. The van der Waals surface area contributed by atoms with Crippen LogP contribution in [-0.4, -0.2) is 30.0 Å². The zero-order chi connectivity index (χ0) is 14.0. The molecule has 0 aliphatic carbocycles. The van der Waals surface area contributed by atoms with Crippen molar-refractivity contribution in [3.8, 4) is 0 Å². The van der Waals surface area contributed by atoms with Crippen molar-refractivity contribution >= 4 is 11.6 Å². The van der Waals surface area contributed by atoms with Crippen molar-refractivity contribution in [2.75, 3.05) is 13.1 Å². The summed E-state index contributed by atoms with van der Waals surface area (Å²) in [5, 5.41) is 16.0. The number of carbonyl (C=O) groups excluding carboxylic acids is 1. The minimum atomic E-state index is -1.32. The van der Waals surface area contributed by atoms with Crippen LogP contribution in [-0.2, 0) is 0 Å². The Morgan fingerprint density at radius 2 is 2.21 bits per heavy atom. The summed E-state index contributed by atoms with van der Waals surface area (Å²) in [5.41, 5.74) is -1.70. The van der Waals surface area contributed by atoms with E-state index in [9.17, 15) is 23.7 Å². The molecule has 2 N–H and O–H groups in total. The van der Waals surface area contributed by atoms with Gasteiger partial charge in [-0.05, 0) is 19.0 Å². The van der Waals surface area contributed by atoms with Crippen LogP contribution in [0.2, 0.25) is 0 Å². The van der Waals surface area contributed by atoms with Gasteiger partial charge in [-0.2, -0.15) is 4.39 Å². The van der Waals surface area contributed by atoms with E-state index in [4.69, 9.17) is 0 Å². The Hall–Kier alpha value is -2.09. The third kappa shape index (κ3) is 2.84. The van der Waals surface area contributed by atoms with Gasteiger partial charge in [-0.15, -0.1) is 0 Å². The maximum atomic E-state index is 13.7. The Labute approximate surface area is 106 Å². The number of nitrogens with zero attached hydrogens (tertiary/aromatic N) is 1. The second-order valence-electron chi connectivity index (χ2n) is 4.21. The lowest BCUT2D eigenvalue weighted by atomic mass is 10.1. The van der Waals surface area contributed by atoms with Gasteiger partial charge in [-0.25, -0.2) is 4.39 Å². The number of nitro groups is 1. The number of hydrogen-bond acceptors (Lipinski definition) is 4. The molecule has 2 rings (SSSR count). The molecule has 0 bridgehead atoms. The highest BCUT2D eigenvalue weighted by atomic mass is 19.1. The van der Waals surface area contributed by atoms with Crippen LogP contribution in [0, 0.1) is 21.7 Å². The van der Waals surface area contributed by atoms with Crippen LogP contribution >= 0.6 is 0 Å². The molecule has 0 saturated carbocycles. The third-order valence-electron chi connectivity index (χ3n) is 2.86. The molecule has 1 aliphatic heterocycles. The van der Waals surface area contributed by atoms with Gasteiger partial charge < -0.3 is 10.6 Å². The molecule has 0 spiro atoms. The second-order valence-corrected chi connectivity index (χ2v) is 4.21. The minimum absolute atomic E-state index is 0.186. The molecule has 1 amide bonds. The average Bonchev–Trinajstić information content (AvgIpc) is 2.84. The summed E-state index contributed by atoms with van der Waals surface area (Å²) in [7, 11) is 0. The zero-order valence-electron chi connectivity index (χ0n) is 9.78. The number of hydrogen-bond donors (Lipinski definition) is 2. The monoisotopic (exact) mass is 271 g/mol. The van der Waals surface area contributed by atoms with Crippen LogP contribution in [0.3, 0.4) is 0 Å². The first kappa shape index (κ1) is 13.3. The van der Waals surface area contributed by atoms with Gasteiger partial charge in [-0.1, -0.05) is 0 Å². The van der Waals surface area contributed by atoms with E-state index in [0.29, 0.717) is 25.1 Å². The normalized spacial score (nSPS) is 18.3. The Kier molecular flexibility index (Phi) is 3.70. The fourth-order valence-electron chi connectivity index (χ4n) is 1.91. The molecule has 102 valence electrons. The Bertz CT molecular complexity index is 530. The Morgan fingerprint density at radius 1 is 1.47 bits per heavy atom. The number of amides is 1. The van der Waals surface area contributed by atoms with Gasteiger partial charge >= 0.3 is 5.69 Å². The highest BCUT2D eigenvalue weighted by Crippen LogP contribution is 2.22. The van der Waals surface area contributed by atoms with Crippen LogP contribution in [0.5, 0.6) is 0 Å². The fourth-order valence-corrected chi connectivity index (χ4v) is 1.91. The van der Waals surface area contributed by atoms with Gasteiger partial charge in [-0.3, -0.25) is 14.9 Å². The molecule has 19 heavy (non-hydrogen) atoms. The summed E-state index contributed by atoms with van der Waals surface area (Å²) in [5.74, 6) is -3.20. The predicted octanol–water partition coefficient (Wildman–Crippen LogP) is 0.965. The number of benzene rings is 1. The second kappa shape index (κ2) is 5.27. The summed E-state index contributed by atoms with van der Waals surface area (Å²) in [4.78, 5) is 21.3. The molecule has 1 fully saturated rings. The van der Waals surface area contributed by atoms with Crippen molar-refractivity contribution in [2.24, 2.45) is 0 Å². The molecule has 1 aromatic rings. The molecular formula is C11H11F2N3O3. The standard InChI is InChI=1S/C11H11F2N3O3/c12-6-3-8(10(13)9(4-6)16(18)19)11(17)15-7-1-2-14-5-7/h3-4,7,14H,1-2,5H2,(H,15,17)/t7-/m1/s1. The summed E-state index contributed by atoms with van der Waals surface area (Å²) in [6.07, 6.45) is 0.671. The van der Waals surface area contributed by atoms with E-state index < -0.39 is 33.7 Å². The summed E-state index contributed by atoms with van der Waals surface area (Å²) in [6.45, 7) is 1.25. The number of nitrogens with one attached hydrogen (secondary N) is 2. The quantitative estimate of drug-likeness (QED) is 0.633. The number of nitro benzene ring substituents is 1. The minimum Gasteiger partial charge on any atom is -0.348 e. The Morgan fingerprint density at radius 3 is 2.79 bits per heavy atom. The summed E-state index contributed by atoms with van der Waals surface area (Å²) < 4.78 is 26.9. The molecule has 0 unspecified atom stereocenters. The molecule has 0 aromatic heterocycles. The molecule has 1 aliphatic rings. The first-order valence-electron chi connectivity index (χ1n) is 5.64. The van der Waals surface area contributed by atoms with E-state index in [-0.39, 0.29) is 6.04 Å². The molecule has 1 heterocycles. The maximum Gasteiger partial charge on any atom is 0.308 e. The van der Waals surface area contributed by atoms with Gasteiger partial charge in [0.2, 0.25) is 5.82 Å². The highest BCUT2D eigenvalue weighted by Gasteiger charge is 2.26. The topological polar surface area (TPSA) is 84.3 Å². The van der Waals surface area contributed by atoms with Gasteiger partial charge in [0.15, 0.2) is 0 Å². The van der Waals surface area contributed by atoms with Crippen molar-refractivity contribution in [3.05, 3.63) is 39.4 Å². The molecule has 0 radical (unpaired) electrons. The van der Waals surface area contributed by atoms with Crippen molar-refractivity contribution in [3.63, 3.8) is 0 Å². The lowest BCUT2D eigenvalue weighted by Crippen LogP contribution is -2.36. The van der Waals surface area contributed by atoms with Crippen molar-refractivity contribution in [1.82, 2.24) is 10.6 Å². The molecule has 1 saturated heterocycles. The van der Waals surface area contributed by atoms with E-state index in [0.717, 1.165) is 6.54 Å². The maximum absolute atomic E-state index is 13.7. The SMILES string of the molecule is O=C(N[C@@H]1CCNC1)c1cc(F)cc([N+](=O)[O-])c1F. The van der Waals surface area contributed by atoms with Crippen LogP contribution in [0.25, 0.3) is 0 Å². The van der Waals surface area contributed by atoms with E-state index in [1.807, 2.05) is 0 Å². The van der Waals surface area contributed by atoms with E-state index >= 15 is 0 Å². The van der Waals surface area contributed by atoms with Crippen molar-refractivity contribution in [2.45, 2.75) is 12.5 Å². The van der Waals surface area contributed by atoms with Crippen LogP contribution in [0.15, 0.2) is 12.1 Å². The van der Waals surface area contributed by atoms with Gasteiger partial charge in [0.1, 0.15) is 5.82 Å². The molecule has 1 atom stereocenters. The van der Waals surface area contributed by atoms with Crippen molar-refractivity contribution < 1.29 is 18.5 Å². The van der Waals surface area contributed by atoms with Crippen molar-refractivity contribution in [1.29, 1.82) is 0 Å². The number of rotatable bonds is 3. The number of carbonyl (C=O) groups is 1.